The molecule has 0 aliphatic heterocycles. The Morgan fingerprint density at radius 3 is 1.67 bits per heavy atom. The predicted octanol–water partition coefficient (Wildman–Crippen LogP) is 7.40. The first-order valence-corrected chi connectivity index (χ1v) is 9.31. The summed E-state index contributed by atoms with van der Waals surface area (Å²) in [6.45, 7) is 11.4. The van der Waals surface area contributed by atoms with Crippen molar-refractivity contribution in [3.8, 4) is 0 Å². The van der Waals surface area contributed by atoms with Gasteiger partial charge in [0.15, 0.2) is 0 Å². The number of allylic oxidation sites excluding steroid dienone is 4. The molecule has 0 spiro atoms. The summed E-state index contributed by atoms with van der Waals surface area (Å²) in [5.41, 5.74) is 4.64. The van der Waals surface area contributed by atoms with Crippen LogP contribution in [0, 0.1) is 11.5 Å². The number of hydrogen-bond acceptors (Lipinski definition) is 0. The highest BCUT2D eigenvalue weighted by atomic mass is 14.3. The van der Waals surface area contributed by atoms with Crippen LogP contribution in [0.1, 0.15) is 105 Å². The van der Waals surface area contributed by atoms with Crippen molar-refractivity contribution in [1.82, 2.24) is 0 Å². The standard InChI is InChI=1S/C21H37/c1-6-7-8-9-10-11-12-13-14-15-16-21(5)17-18(2)19(3)20(21)4/h6-16H2,1-5H3. The Bertz CT molecular complexity index is 358. The van der Waals surface area contributed by atoms with Gasteiger partial charge in [0, 0.05) is 5.41 Å². The molecule has 0 aromatic heterocycles. The minimum Gasteiger partial charge on any atom is -0.0654 e. The zero-order valence-electron chi connectivity index (χ0n) is 15.3. The lowest BCUT2D eigenvalue weighted by Gasteiger charge is -2.24. The van der Waals surface area contributed by atoms with Gasteiger partial charge >= 0.3 is 0 Å². The number of unbranched alkanes of at least 4 members (excludes halogenated alkanes) is 9. The first-order valence-electron chi connectivity index (χ1n) is 9.31. The molecule has 0 fully saturated rings. The van der Waals surface area contributed by atoms with Crippen molar-refractivity contribution in [2.75, 3.05) is 0 Å². The van der Waals surface area contributed by atoms with Gasteiger partial charge in [-0.3, -0.25) is 0 Å². The topological polar surface area (TPSA) is 0 Å². The molecule has 1 radical (unpaired) electrons. The van der Waals surface area contributed by atoms with Gasteiger partial charge in [0.1, 0.15) is 0 Å². The van der Waals surface area contributed by atoms with E-state index in [0.717, 1.165) is 0 Å². The van der Waals surface area contributed by atoms with Crippen LogP contribution in [0.15, 0.2) is 16.7 Å². The highest BCUT2D eigenvalue weighted by Crippen LogP contribution is 2.43. The molecule has 0 amide bonds. The zero-order valence-corrected chi connectivity index (χ0v) is 15.3. The molecule has 1 unspecified atom stereocenters. The van der Waals surface area contributed by atoms with Gasteiger partial charge in [-0.15, -0.1) is 0 Å². The molecule has 0 aromatic rings. The van der Waals surface area contributed by atoms with Crippen LogP contribution in [-0.2, 0) is 0 Å². The second-order valence-corrected chi connectivity index (χ2v) is 7.26. The van der Waals surface area contributed by atoms with E-state index in [9.17, 15) is 0 Å². The van der Waals surface area contributed by atoms with Gasteiger partial charge in [0.25, 0.3) is 0 Å². The Labute approximate surface area is 134 Å². The lowest BCUT2D eigenvalue weighted by Crippen LogP contribution is -2.13. The van der Waals surface area contributed by atoms with Crippen molar-refractivity contribution < 1.29 is 0 Å². The van der Waals surface area contributed by atoms with E-state index in [4.69, 9.17) is 0 Å². The van der Waals surface area contributed by atoms with E-state index in [1.54, 1.807) is 5.57 Å². The van der Waals surface area contributed by atoms with Crippen molar-refractivity contribution in [3.63, 3.8) is 0 Å². The van der Waals surface area contributed by atoms with E-state index < -0.39 is 0 Å². The Morgan fingerprint density at radius 1 is 0.762 bits per heavy atom. The maximum atomic E-state index is 3.70. The van der Waals surface area contributed by atoms with Gasteiger partial charge in [-0.2, -0.15) is 0 Å². The fourth-order valence-electron chi connectivity index (χ4n) is 3.51. The van der Waals surface area contributed by atoms with Crippen LogP contribution in [-0.4, -0.2) is 0 Å². The molecular formula is C21H37. The fraction of sp³-hybridized carbons (Fsp3) is 0.810. The molecule has 1 rings (SSSR count). The van der Waals surface area contributed by atoms with Gasteiger partial charge in [0.05, 0.1) is 0 Å². The normalized spacial score (nSPS) is 22.0. The Kier molecular flexibility index (Phi) is 8.37. The zero-order chi connectivity index (χ0) is 15.7. The second kappa shape index (κ2) is 9.49. The maximum Gasteiger partial charge on any atom is 0.0142 e. The minimum absolute atomic E-state index is 0.230. The third kappa shape index (κ3) is 6.01. The first kappa shape index (κ1) is 18.5. The molecule has 1 atom stereocenters. The van der Waals surface area contributed by atoms with E-state index >= 15 is 0 Å². The van der Waals surface area contributed by atoms with Crippen molar-refractivity contribution >= 4 is 0 Å². The van der Waals surface area contributed by atoms with E-state index in [1.807, 2.05) is 0 Å². The SMILES string of the molecule is CCCCCCCCCCCCC1(C)[C]=C(C)C(C)=C1C. The van der Waals surface area contributed by atoms with E-state index in [1.165, 1.54) is 81.8 Å². The third-order valence-electron chi connectivity index (χ3n) is 5.45. The van der Waals surface area contributed by atoms with E-state index in [2.05, 4.69) is 40.7 Å². The van der Waals surface area contributed by atoms with Crippen molar-refractivity contribution in [3.05, 3.63) is 22.8 Å². The molecule has 0 saturated heterocycles. The lowest BCUT2D eigenvalue weighted by molar-refractivity contribution is 0.423. The van der Waals surface area contributed by atoms with Crippen LogP contribution in [0.25, 0.3) is 0 Å². The summed E-state index contributed by atoms with van der Waals surface area (Å²) in [5, 5.41) is 0. The van der Waals surface area contributed by atoms with Crippen molar-refractivity contribution in [1.29, 1.82) is 0 Å². The predicted molar refractivity (Wildman–Crippen MR) is 95.4 cm³/mol. The largest absolute Gasteiger partial charge is 0.0654 e. The molecule has 0 bridgehead atoms. The summed E-state index contributed by atoms with van der Waals surface area (Å²) in [7, 11) is 0. The monoisotopic (exact) mass is 289 g/mol. The molecule has 0 heterocycles. The van der Waals surface area contributed by atoms with Gasteiger partial charge in [0.2, 0.25) is 0 Å². The molecule has 0 N–H and O–H groups in total. The number of rotatable bonds is 11. The lowest BCUT2D eigenvalue weighted by atomic mass is 9.80. The third-order valence-corrected chi connectivity index (χ3v) is 5.45. The highest BCUT2D eigenvalue weighted by molar-refractivity contribution is 5.41. The maximum absolute atomic E-state index is 3.70. The molecule has 21 heavy (non-hydrogen) atoms. The fourth-order valence-corrected chi connectivity index (χ4v) is 3.51. The van der Waals surface area contributed by atoms with Crippen LogP contribution in [0.4, 0.5) is 0 Å². The van der Waals surface area contributed by atoms with Crippen LogP contribution in [0.5, 0.6) is 0 Å². The van der Waals surface area contributed by atoms with Gasteiger partial charge in [-0.1, -0.05) is 83.6 Å². The molecule has 121 valence electrons. The average Bonchev–Trinajstić information content (AvgIpc) is 2.65. The molecule has 1 aliphatic carbocycles. The van der Waals surface area contributed by atoms with Crippen LogP contribution < -0.4 is 0 Å². The van der Waals surface area contributed by atoms with E-state index in [0.29, 0.717) is 0 Å². The molecule has 0 aromatic carbocycles. The van der Waals surface area contributed by atoms with Crippen molar-refractivity contribution in [2.24, 2.45) is 5.41 Å². The second-order valence-electron chi connectivity index (χ2n) is 7.26. The van der Waals surface area contributed by atoms with Gasteiger partial charge in [-0.05, 0) is 44.4 Å². The smallest absolute Gasteiger partial charge is 0.0142 e. The summed E-state index contributed by atoms with van der Waals surface area (Å²) in [6, 6.07) is 0. The van der Waals surface area contributed by atoms with Gasteiger partial charge in [-0.25, -0.2) is 0 Å². The first-order chi connectivity index (χ1) is 10.0. The van der Waals surface area contributed by atoms with Crippen LogP contribution in [0.2, 0.25) is 0 Å². The van der Waals surface area contributed by atoms with Gasteiger partial charge < -0.3 is 0 Å². The van der Waals surface area contributed by atoms with Crippen LogP contribution >= 0.6 is 0 Å². The van der Waals surface area contributed by atoms with E-state index in [-0.39, 0.29) is 5.41 Å². The summed E-state index contributed by atoms with van der Waals surface area (Å²) in [6.07, 6.45) is 19.2. The minimum atomic E-state index is 0.230. The van der Waals surface area contributed by atoms with Crippen LogP contribution in [0.3, 0.4) is 0 Å². The average molecular weight is 290 g/mol. The molecular weight excluding hydrogens is 252 g/mol. The number of hydrogen-bond donors (Lipinski definition) is 0. The quantitative estimate of drug-likeness (QED) is 0.347. The Morgan fingerprint density at radius 2 is 1.24 bits per heavy atom. The molecule has 0 heteroatoms. The molecule has 0 saturated carbocycles. The Balaban J connectivity index is 2.05. The summed E-state index contributed by atoms with van der Waals surface area (Å²) >= 11 is 0. The summed E-state index contributed by atoms with van der Waals surface area (Å²) < 4.78 is 0. The Hall–Kier alpha value is -0.520. The van der Waals surface area contributed by atoms with Crippen molar-refractivity contribution in [2.45, 2.75) is 105 Å². The summed E-state index contributed by atoms with van der Waals surface area (Å²) in [4.78, 5) is 0. The summed E-state index contributed by atoms with van der Waals surface area (Å²) in [5.74, 6) is 0. The molecule has 1 aliphatic rings. The highest BCUT2D eigenvalue weighted by Gasteiger charge is 2.30. The molecule has 0 nitrogen and oxygen atoms in total.